The van der Waals surface area contributed by atoms with E-state index >= 15 is 0 Å². The standard InChI is InChI=1S/C24H30Cl2N2O3/c1-4-6-14-27-24(30)21(5-2)28(15-18-19(25)11-9-12-20(18)26)23(29)16-31-22-13-8-7-10-17(22)3/h7-13,21H,4-6,14-16H2,1-3H3,(H,27,30). The van der Waals surface area contributed by atoms with Crippen molar-refractivity contribution < 1.29 is 14.3 Å². The fourth-order valence-electron chi connectivity index (χ4n) is 3.22. The molecule has 0 spiro atoms. The van der Waals surface area contributed by atoms with Gasteiger partial charge in [0.2, 0.25) is 5.91 Å². The van der Waals surface area contributed by atoms with Crippen molar-refractivity contribution in [3.05, 3.63) is 63.6 Å². The van der Waals surface area contributed by atoms with Crippen molar-refractivity contribution in [3.8, 4) is 5.75 Å². The van der Waals surface area contributed by atoms with Crippen LogP contribution in [-0.4, -0.2) is 35.9 Å². The molecule has 1 unspecified atom stereocenters. The number of para-hydroxylation sites is 1. The summed E-state index contributed by atoms with van der Waals surface area (Å²) < 4.78 is 5.76. The fraction of sp³-hybridized carbons (Fsp3) is 0.417. The van der Waals surface area contributed by atoms with Crippen LogP contribution in [0, 0.1) is 6.92 Å². The molecule has 0 bridgehead atoms. The molecule has 168 valence electrons. The molecule has 7 heteroatoms. The summed E-state index contributed by atoms with van der Waals surface area (Å²) in [4.78, 5) is 27.6. The number of unbranched alkanes of at least 4 members (excludes halogenated alkanes) is 1. The highest BCUT2D eigenvalue weighted by Crippen LogP contribution is 2.27. The Balaban J connectivity index is 2.26. The second-order valence-corrected chi connectivity index (χ2v) is 8.16. The van der Waals surface area contributed by atoms with Gasteiger partial charge in [0.1, 0.15) is 11.8 Å². The molecule has 31 heavy (non-hydrogen) atoms. The summed E-state index contributed by atoms with van der Waals surface area (Å²) in [7, 11) is 0. The number of aryl methyl sites for hydroxylation is 1. The van der Waals surface area contributed by atoms with Crippen LogP contribution < -0.4 is 10.1 Å². The van der Waals surface area contributed by atoms with Gasteiger partial charge in [-0.2, -0.15) is 0 Å². The molecular weight excluding hydrogens is 435 g/mol. The minimum atomic E-state index is -0.655. The number of rotatable bonds is 11. The second kappa shape index (κ2) is 12.6. The van der Waals surface area contributed by atoms with Crippen LogP contribution in [0.3, 0.4) is 0 Å². The van der Waals surface area contributed by atoms with Gasteiger partial charge in [0.05, 0.1) is 0 Å². The van der Waals surface area contributed by atoms with Gasteiger partial charge in [-0.05, 0) is 43.5 Å². The van der Waals surface area contributed by atoms with E-state index in [-0.39, 0.29) is 25.0 Å². The van der Waals surface area contributed by atoms with Crippen molar-refractivity contribution in [3.63, 3.8) is 0 Å². The van der Waals surface area contributed by atoms with Crippen LogP contribution in [0.4, 0.5) is 0 Å². The van der Waals surface area contributed by atoms with E-state index in [1.165, 1.54) is 4.90 Å². The number of benzene rings is 2. The van der Waals surface area contributed by atoms with Gasteiger partial charge in [0, 0.05) is 28.7 Å². The largest absolute Gasteiger partial charge is 0.484 e. The molecule has 0 saturated carbocycles. The summed E-state index contributed by atoms with van der Waals surface area (Å²) in [6, 6.07) is 12.0. The van der Waals surface area contributed by atoms with Gasteiger partial charge in [-0.25, -0.2) is 0 Å². The average Bonchev–Trinajstić information content (AvgIpc) is 2.75. The number of carbonyl (C=O) groups is 2. The Bertz CT molecular complexity index is 869. The molecule has 0 aliphatic heterocycles. The first-order valence-electron chi connectivity index (χ1n) is 10.6. The summed E-state index contributed by atoms with van der Waals surface area (Å²) >= 11 is 12.7. The highest BCUT2D eigenvalue weighted by atomic mass is 35.5. The lowest BCUT2D eigenvalue weighted by molar-refractivity contribution is -0.143. The number of nitrogens with one attached hydrogen (secondary N) is 1. The summed E-state index contributed by atoms with van der Waals surface area (Å²) in [6.45, 7) is 6.35. The molecule has 1 N–H and O–H groups in total. The Morgan fingerprint density at radius 3 is 2.35 bits per heavy atom. The van der Waals surface area contributed by atoms with Crippen LogP contribution in [0.2, 0.25) is 10.0 Å². The highest BCUT2D eigenvalue weighted by Gasteiger charge is 2.30. The van der Waals surface area contributed by atoms with E-state index in [0.717, 1.165) is 18.4 Å². The van der Waals surface area contributed by atoms with Gasteiger partial charge in [-0.3, -0.25) is 9.59 Å². The zero-order valence-corrected chi connectivity index (χ0v) is 19.8. The Labute approximate surface area is 194 Å². The first-order valence-corrected chi connectivity index (χ1v) is 11.3. The summed E-state index contributed by atoms with van der Waals surface area (Å²) in [6.07, 6.45) is 2.30. The third-order valence-electron chi connectivity index (χ3n) is 5.05. The van der Waals surface area contributed by atoms with E-state index in [1.54, 1.807) is 18.2 Å². The lowest BCUT2D eigenvalue weighted by Gasteiger charge is -2.31. The Kier molecular flexibility index (Phi) is 10.2. The van der Waals surface area contributed by atoms with Gasteiger partial charge in [-0.1, -0.05) is 67.7 Å². The minimum Gasteiger partial charge on any atom is -0.484 e. The highest BCUT2D eigenvalue weighted by molar-refractivity contribution is 6.36. The molecule has 0 aliphatic carbocycles. The molecule has 0 aromatic heterocycles. The van der Waals surface area contributed by atoms with Crippen LogP contribution in [0.5, 0.6) is 5.75 Å². The summed E-state index contributed by atoms with van der Waals surface area (Å²) in [5.41, 5.74) is 1.54. The maximum absolute atomic E-state index is 13.2. The third-order valence-corrected chi connectivity index (χ3v) is 5.76. The summed E-state index contributed by atoms with van der Waals surface area (Å²) in [5, 5.41) is 3.83. The lowest BCUT2D eigenvalue weighted by Crippen LogP contribution is -2.50. The van der Waals surface area contributed by atoms with E-state index in [1.807, 2.05) is 38.1 Å². The van der Waals surface area contributed by atoms with Gasteiger partial charge < -0.3 is 15.0 Å². The predicted molar refractivity (Wildman–Crippen MR) is 126 cm³/mol. The molecule has 0 saturated heterocycles. The zero-order valence-electron chi connectivity index (χ0n) is 18.3. The number of carbonyl (C=O) groups excluding carboxylic acids is 2. The van der Waals surface area contributed by atoms with Crippen LogP contribution in [0.15, 0.2) is 42.5 Å². The molecule has 1 atom stereocenters. The van der Waals surface area contributed by atoms with Crippen LogP contribution in [-0.2, 0) is 16.1 Å². The Hall–Kier alpha value is -2.24. The monoisotopic (exact) mass is 464 g/mol. The molecule has 2 amide bonds. The van der Waals surface area contributed by atoms with E-state index in [9.17, 15) is 9.59 Å². The normalized spacial score (nSPS) is 11.6. The quantitative estimate of drug-likeness (QED) is 0.452. The lowest BCUT2D eigenvalue weighted by atomic mass is 10.1. The van der Waals surface area contributed by atoms with Crippen LogP contribution in [0.1, 0.15) is 44.2 Å². The number of hydrogen-bond donors (Lipinski definition) is 1. The van der Waals surface area contributed by atoms with E-state index < -0.39 is 6.04 Å². The van der Waals surface area contributed by atoms with E-state index in [4.69, 9.17) is 27.9 Å². The maximum Gasteiger partial charge on any atom is 0.261 e. The first kappa shape index (κ1) is 25.0. The fourth-order valence-corrected chi connectivity index (χ4v) is 3.74. The average molecular weight is 465 g/mol. The Morgan fingerprint density at radius 1 is 1.06 bits per heavy atom. The molecule has 0 fully saturated rings. The van der Waals surface area contributed by atoms with Gasteiger partial charge in [-0.15, -0.1) is 0 Å². The first-order chi connectivity index (χ1) is 14.9. The predicted octanol–water partition coefficient (Wildman–Crippen LogP) is 5.40. The van der Waals surface area contributed by atoms with Crippen molar-refractivity contribution in [2.75, 3.05) is 13.2 Å². The van der Waals surface area contributed by atoms with Gasteiger partial charge in [0.15, 0.2) is 6.61 Å². The van der Waals surface area contributed by atoms with Crippen LogP contribution >= 0.6 is 23.2 Å². The van der Waals surface area contributed by atoms with Gasteiger partial charge in [0.25, 0.3) is 5.91 Å². The SMILES string of the molecule is CCCCNC(=O)C(CC)N(Cc1c(Cl)cccc1Cl)C(=O)COc1ccccc1C. The van der Waals surface area contributed by atoms with Crippen molar-refractivity contribution in [2.24, 2.45) is 0 Å². The molecule has 2 aromatic carbocycles. The maximum atomic E-state index is 13.2. The van der Waals surface area contributed by atoms with Crippen molar-refractivity contribution in [1.82, 2.24) is 10.2 Å². The van der Waals surface area contributed by atoms with Gasteiger partial charge >= 0.3 is 0 Å². The van der Waals surface area contributed by atoms with Crippen molar-refractivity contribution in [2.45, 2.75) is 52.6 Å². The Morgan fingerprint density at radius 2 is 1.74 bits per heavy atom. The topological polar surface area (TPSA) is 58.6 Å². The third kappa shape index (κ3) is 7.15. The van der Waals surface area contributed by atoms with Crippen molar-refractivity contribution >= 4 is 35.0 Å². The molecule has 0 heterocycles. The summed E-state index contributed by atoms with van der Waals surface area (Å²) in [5.74, 6) is 0.132. The molecule has 2 aromatic rings. The number of ether oxygens (including phenoxy) is 1. The molecule has 0 aliphatic rings. The zero-order chi connectivity index (χ0) is 22.8. The molecule has 5 nitrogen and oxygen atoms in total. The number of halogens is 2. The minimum absolute atomic E-state index is 0.119. The van der Waals surface area contributed by atoms with Crippen molar-refractivity contribution in [1.29, 1.82) is 0 Å². The van der Waals surface area contributed by atoms with E-state index in [2.05, 4.69) is 12.2 Å². The second-order valence-electron chi connectivity index (χ2n) is 7.34. The smallest absolute Gasteiger partial charge is 0.261 e. The molecule has 2 rings (SSSR count). The number of hydrogen-bond acceptors (Lipinski definition) is 3. The molecule has 0 radical (unpaired) electrons. The number of amides is 2. The van der Waals surface area contributed by atoms with E-state index in [0.29, 0.717) is 34.3 Å². The molecular formula is C24H30Cl2N2O3. The van der Waals surface area contributed by atoms with Crippen LogP contribution in [0.25, 0.3) is 0 Å². The number of nitrogens with zero attached hydrogens (tertiary/aromatic N) is 1.